The minimum Gasteiger partial charge on any atom is -0.390 e. The smallest absolute Gasteiger partial charge is 0.159 e. The zero-order chi connectivity index (χ0) is 26.4. The van der Waals surface area contributed by atoms with Crippen LogP contribution >= 0.6 is 0 Å². The van der Waals surface area contributed by atoms with Gasteiger partial charge in [0.1, 0.15) is 0 Å². The highest BCUT2D eigenvalue weighted by Gasteiger charge is 2.69. The summed E-state index contributed by atoms with van der Waals surface area (Å²) in [6.45, 7) is 12.6. The predicted octanol–water partition coefficient (Wildman–Crippen LogP) is 2.02. The Labute approximate surface area is 208 Å². The quantitative estimate of drug-likeness (QED) is 0.323. The van der Waals surface area contributed by atoms with Gasteiger partial charge in [0.05, 0.1) is 35.1 Å². The highest BCUT2D eigenvalue weighted by molar-refractivity contribution is 5.95. The highest BCUT2D eigenvalue weighted by atomic mass is 16.3. The first-order chi connectivity index (χ1) is 15.9. The van der Waals surface area contributed by atoms with Gasteiger partial charge < -0.3 is 30.6 Å². The summed E-state index contributed by atoms with van der Waals surface area (Å²) >= 11 is 0. The third-order valence-electron chi connectivity index (χ3n) is 10.8. The van der Waals surface area contributed by atoms with Crippen LogP contribution in [0.2, 0.25) is 0 Å². The van der Waals surface area contributed by atoms with Crippen LogP contribution in [0, 0.1) is 28.6 Å². The van der Waals surface area contributed by atoms with Crippen LogP contribution in [0.4, 0.5) is 0 Å². The molecule has 0 heterocycles. The van der Waals surface area contributed by atoms with E-state index in [0.29, 0.717) is 43.3 Å². The number of hydrogen-bond donors (Lipinski definition) is 6. The van der Waals surface area contributed by atoms with Gasteiger partial charge in [-0.2, -0.15) is 0 Å². The third-order valence-corrected chi connectivity index (χ3v) is 10.8. The number of ketones is 1. The minimum atomic E-state index is -1.54. The van der Waals surface area contributed by atoms with Crippen LogP contribution in [0.1, 0.15) is 79.6 Å². The van der Waals surface area contributed by atoms with Crippen LogP contribution in [-0.2, 0) is 4.79 Å². The Balaban J connectivity index is 1.67. The maximum absolute atomic E-state index is 13.3. The summed E-state index contributed by atoms with van der Waals surface area (Å²) in [5.74, 6) is -1.04. The molecule has 0 aromatic rings. The molecule has 198 valence electrons. The number of aliphatic hydroxyl groups excluding tert-OH is 3. The molecule has 0 spiro atoms. The lowest BCUT2D eigenvalue weighted by Gasteiger charge is -2.60. The van der Waals surface area contributed by atoms with E-state index in [1.165, 1.54) is 0 Å². The molecule has 6 N–H and O–H groups in total. The van der Waals surface area contributed by atoms with Crippen molar-refractivity contribution in [3.05, 3.63) is 23.8 Å². The van der Waals surface area contributed by atoms with Gasteiger partial charge in [0, 0.05) is 11.3 Å². The monoisotopic (exact) mass is 492 g/mol. The van der Waals surface area contributed by atoms with Gasteiger partial charge >= 0.3 is 0 Å². The van der Waals surface area contributed by atoms with Crippen molar-refractivity contribution < 1.29 is 35.4 Å². The van der Waals surface area contributed by atoms with E-state index in [4.69, 9.17) is 0 Å². The summed E-state index contributed by atoms with van der Waals surface area (Å²) < 4.78 is 0. The molecule has 2 unspecified atom stereocenters. The second-order valence-electron chi connectivity index (χ2n) is 13.2. The Kier molecular flexibility index (Phi) is 6.32. The lowest BCUT2D eigenvalue weighted by Crippen LogP contribution is -2.62. The molecule has 4 aliphatic rings. The molecule has 4 rings (SSSR count). The van der Waals surface area contributed by atoms with Gasteiger partial charge in [-0.15, -0.1) is 0 Å². The lowest BCUT2D eigenvalue weighted by atomic mass is 9.45. The molecule has 0 aromatic heterocycles. The molecule has 0 saturated heterocycles. The van der Waals surface area contributed by atoms with Crippen LogP contribution < -0.4 is 0 Å². The standard InChI is InChI=1S/C28H44O7/c1-15(24(2,3)33)11-23(32)27(6,34)22-8-10-28(35)17-12-19(29)18-13-20(30)21(31)14-25(18,4)16(17)7-9-26(22,28)5/h12,16,18,20-23,30-35H,1,7-11,13-14H2,2-6H3/t16?,18-,20+,21-,22?,23+,25+,26+,27+,28+/m0/s1. The van der Waals surface area contributed by atoms with Gasteiger partial charge in [-0.3, -0.25) is 4.79 Å². The molecule has 3 fully saturated rings. The number of rotatable bonds is 5. The van der Waals surface area contributed by atoms with E-state index in [9.17, 15) is 35.4 Å². The summed E-state index contributed by atoms with van der Waals surface area (Å²) in [5.41, 5.74) is -4.27. The Bertz CT molecular complexity index is 932. The first kappa shape index (κ1) is 27.0. The fourth-order valence-corrected chi connectivity index (χ4v) is 8.23. The van der Waals surface area contributed by atoms with Gasteiger partial charge in [0.25, 0.3) is 0 Å². The molecule has 0 bridgehead atoms. The van der Waals surface area contributed by atoms with Gasteiger partial charge in [-0.05, 0) is 100 Å². The van der Waals surface area contributed by atoms with E-state index in [1.54, 1.807) is 26.8 Å². The number of aliphatic hydroxyl groups is 6. The van der Waals surface area contributed by atoms with E-state index in [2.05, 4.69) is 6.58 Å². The van der Waals surface area contributed by atoms with Gasteiger partial charge in [-0.25, -0.2) is 0 Å². The normalized spacial score (nSPS) is 46.1. The van der Waals surface area contributed by atoms with Gasteiger partial charge in [0.15, 0.2) is 5.78 Å². The van der Waals surface area contributed by atoms with Crippen molar-refractivity contribution in [2.75, 3.05) is 0 Å². The van der Waals surface area contributed by atoms with Gasteiger partial charge in [0.2, 0.25) is 0 Å². The van der Waals surface area contributed by atoms with E-state index in [-0.39, 0.29) is 24.5 Å². The molecule has 0 aliphatic heterocycles. The third kappa shape index (κ3) is 3.80. The number of hydrogen-bond acceptors (Lipinski definition) is 7. The summed E-state index contributed by atoms with van der Waals surface area (Å²) in [6, 6.07) is 0. The highest BCUT2D eigenvalue weighted by Crippen LogP contribution is 2.68. The zero-order valence-corrected chi connectivity index (χ0v) is 21.8. The number of fused-ring (bicyclic) bond motifs is 5. The van der Waals surface area contributed by atoms with Crippen molar-refractivity contribution in [2.45, 2.75) is 115 Å². The molecule has 0 radical (unpaired) electrons. The van der Waals surface area contributed by atoms with E-state index < -0.39 is 57.8 Å². The SMILES string of the molecule is C=C(C[C@@H](O)[C@](C)(O)C1CC[C@@]2(O)C3=CC(=O)[C@@H]4C[C@@H](O)[C@@H](O)C[C@]4(C)C3CC[C@]12C)C(C)(C)O. The topological polar surface area (TPSA) is 138 Å². The van der Waals surface area contributed by atoms with Crippen molar-refractivity contribution in [3.8, 4) is 0 Å². The molecule has 3 saturated carbocycles. The lowest BCUT2D eigenvalue weighted by molar-refractivity contribution is -0.175. The molecule has 0 amide bonds. The second kappa shape index (κ2) is 8.20. The van der Waals surface area contributed by atoms with Crippen LogP contribution in [0.25, 0.3) is 0 Å². The van der Waals surface area contributed by atoms with Crippen LogP contribution in [0.3, 0.4) is 0 Å². The van der Waals surface area contributed by atoms with Crippen molar-refractivity contribution in [1.82, 2.24) is 0 Å². The van der Waals surface area contributed by atoms with Crippen molar-refractivity contribution >= 4 is 5.78 Å². The fourth-order valence-electron chi connectivity index (χ4n) is 8.23. The maximum atomic E-state index is 13.3. The maximum Gasteiger partial charge on any atom is 0.159 e. The van der Waals surface area contributed by atoms with Gasteiger partial charge in [-0.1, -0.05) is 20.4 Å². The summed E-state index contributed by atoms with van der Waals surface area (Å²) in [4.78, 5) is 13.3. The van der Waals surface area contributed by atoms with Crippen molar-refractivity contribution in [2.24, 2.45) is 28.6 Å². The zero-order valence-electron chi connectivity index (χ0n) is 21.8. The average molecular weight is 493 g/mol. The Morgan fingerprint density at radius 2 is 1.74 bits per heavy atom. The van der Waals surface area contributed by atoms with E-state index in [1.807, 2.05) is 13.8 Å². The summed E-state index contributed by atoms with van der Waals surface area (Å²) in [7, 11) is 0. The Morgan fingerprint density at radius 1 is 1.11 bits per heavy atom. The molecule has 7 heteroatoms. The predicted molar refractivity (Wildman–Crippen MR) is 131 cm³/mol. The van der Waals surface area contributed by atoms with E-state index in [0.717, 1.165) is 0 Å². The minimum absolute atomic E-state index is 0.0330. The largest absolute Gasteiger partial charge is 0.390 e. The molecular formula is C28H44O7. The Morgan fingerprint density at radius 3 is 2.34 bits per heavy atom. The Hall–Kier alpha value is -1.09. The summed E-state index contributed by atoms with van der Waals surface area (Å²) in [5, 5.41) is 65.9. The number of carbonyl (C=O) groups is 1. The molecular weight excluding hydrogens is 448 g/mol. The number of allylic oxidation sites excluding steroid dienone is 1. The molecule has 0 aromatic carbocycles. The first-order valence-corrected chi connectivity index (χ1v) is 13.0. The van der Waals surface area contributed by atoms with Crippen LogP contribution in [0.15, 0.2) is 23.8 Å². The molecule has 35 heavy (non-hydrogen) atoms. The van der Waals surface area contributed by atoms with Crippen LogP contribution in [-0.4, -0.2) is 71.5 Å². The first-order valence-electron chi connectivity index (χ1n) is 13.0. The van der Waals surface area contributed by atoms with E-state index >= 15 is 0 Å². The summed E-state index contributed by atoms with van der Waals surface area (Å²) in [6.07, 6.45) is 1.27. The van der Waals surface area contributed by atoms with Crippen LogP contribution in [0.5, 0.6) is 0 Å². The number of carbonyl (C=O) groups excluding carboxylic acids is 1. The second-order valence-corrected chi connectivity index (χ2v) is 13.2. The fraction of sp³-hybridized carbons (Fsp3) is 0.821. The molecule has 7 nitrogen and oxygen atoms in total. The van der Waals surface area contributed by atoms with Crippen molar-refractivity contribution in [1.29, 1.82) is 0 Å². The van der Waals surface area contributed by atoms with Crippen molar-refractivity contribution in [3.63, 3.8) is 0 Å². The molecule has 4 aliphatic carbocycles. The average Bonchev–Trinajstić information content (AvgIpc) is 3.01. The molecule has 10 atom stereocenters.